The first-order valence-electron chi connectivity index (χ1n) is 7.73. The second-order valence-corrected chi connectivity index (χ2v) is 7.58. The number of hydrogen-bond donors (Lipinski definition) is 0. The van der Waals surface area contributed by atoms with E-state index in [9.17, 15) is 9.59 Å². The maximum Gasteiger partial charge on any atom is 0.260 e. The van der Waals surface area contributed by atoms with Crippen LogP contribution in [-0.4, -0.2) is 54.4 Å². The van der Waals surface area contributed by atoms with Crippen molar-refractivity contribution in [3.05, 3.63) is 28.7 Å². The minimum atomic E-state index is -0.378. The molecule has 0 aromatic heterocycles. The molecule has 5 nitrogen and oxygen atoms in total. The standard InChI is InChI=1S/C17H23BrN2O3/c1-17(2,3)16(22)20-10-8-19(9-11-20)15(21)12-23-14-6-4-13(18)5-7-14/h4-7H,8-12H2,1-3H3. The molecule has 1 aliphatic rings. The normalized spacial score (nSPS) is 15.5. The van der Waals surface area contributed by atoms with Gasteiger partial charge in [0.25, 0.3) is 5.91 Å². The van der Waals surface area contributed by atoms with Gasteiger partial charge in [-0.05, 0) is 24.3 Å². The summed E-state index contributed by atoms with van der Waals surface area (Å²) in [5.74, 6) is 0.759. The number of piperazine rings is 1. The summed E-state index contributed by atoms with van der Waals surface area (Å²) in [6.07, 6.45) is 0. The van der Waals surface area contributed by atoms with Crippen LogP contribution in [0.2, 0.25) is 0 Å². The van der Waals surface area contributed by atoms with E-state index in [1.54, 1.807) is 4.90 Å². The first kappa shape index (κ1) is 17.8. The lowest BCUT2D eigenvalue weighted by molar-refractivity contribution is -0.145. The van der Waals surface area contributed by atoms with Gasteiger partial charge < -0.3 is 14.5 Å². The van der Waals surface area contributed by atoms with Gasteiger partial charge in [-0.1, -0.05) is 36.7 Å². The lowest BCUT2D eigenvalue weighted by atomic mass is 9.94. The lowest BCUT2D eigenvalue weighted by Crippen LogP contribution is -2.53. The molecule has 1 aromatic rings. The quantitative estimate of drug-likeness (QED) is 0.806. The number of halogens is 1. The van der Waals surface area contributed by atoms with Gasteiger partial charge in [-0.2, -0.15) is 0 Å². The smallest absolute Gasteiger partial charge is 0.260 e. The van der Waals surface area contributed by atoms with Crippen LogP contribution in [-0.2, 0) is 9.59 Å². The predicted octanol–water partition coefficient (Wildman–Crippen LogP) is 2.54. The highest BCUT2D eigenvalue weighted by Gasteiger charge is 2.30. The molecule has 0 aliphatic carbocycles. The maximum atomic E-state index is 12.2. The summed E-state index contributed by atoms with van der Waals surface area (Å²) in [4.78, 5) is 28.0. The fraction of sp³-hybridized carbons (Fsp3) is 0.529. The molecule has 0 bridgehead atoms. The molecule has 0 saturated carbocycles. The monoisotopic (exact) mass is 382 g/mol. The highest BCUT2D eigenvalue weighted by Crippen LogP contribution is 2.19. The Balaban J connectivity index is 1.79. The fourth-order valence-corrected chi connectivity index (χ4v) is 2.66. The maximum absolute atomic E-state index is 12.2. The van der Waals surface area contributed by atoms with Gasteiger partial charge in [0, 0.05) is 36.1 Å². The number of carbonyl (C=O) groups excluding carboxylic acids is 2. The van der Waals surface area contributed by atoms with E-state index in [2.05, 4.69) is 15.9 Å². The largest absolute Gasteiger partial charge is 0.484 e. The molecule has 0 atom stereocenters. The highest BCUT2D eigenvalue weighted by atomic mass is 79.9. The number of carbonyl (C=O) groups is 2. The van der Waals surface area contributed by atoms with E-state index >= 15 is 0 Å². The molecule has 0 unspecified atom stereocenters. The van der Waals surface area contributed by atoms with Gasteiger partial charge in [-0.25, -0.2) is 0 Å². The summed E-state index contributed by atoms with van der Waals surface area (Å²) in [6, 6.07) is 7.38. The predicted molar refractivity (Wildman–Crippen MR) is 92.3 cm³/mol. The number of nitrogens with zero attached hydrogens (tertiary/aromatic N) is 2. The number of rotatable bonds is 3. The summed E-state index contributed by atoms with van der Waals surface area (Å²) in [6.45, 7) is 8.06. The van der Waals surface area contributed by atoms with Crippen LogP contribution in [0.15, 0.2) is 28.7 Å². The van der Waals surface area contributed by atoms with Crippen LogP contribution < -0.4 is 4.74 Å². The Morgan fingerprint density at radius 3 is 2.09 bits per heavy atom. The number of ether oxygens (including phenoxy) is 1. The van der Waals surface area contributed by atoms with Crippen molar-refractivity contribution in [1.29, 1.82) is 0 Å². The van der Waals surface area contributed by atoms with Gasteiger partial charge in [-0.15, -0.1) is 0 Å². The Morgan fingerprint density at radius 1 is 1.04 bits per heavy atom. The Bertz CT molecular complexity index is 558. The molecule has 126 valence electrons. The summed E-state index contributed by atoms with van der Waals surface area (Å²) < 4.78 is 6.48. The Morgan fingerprint density at radius 2 is 1.57 bits per heavy atom. The zero-order valence-corrected chi connectivity index (χ0v) is 15.4. The zero-order chi connectivity index (χ0) is 17.0. The molecule has 0 radical (unpaired) electrons. The van der Waals surface area contributed by atoms with Gasteiger partial charge in [0.1, 0.15) is 5.75 Å². The van der Waals surface area contributed by atoms with E-state index in [1.165, 1.54) is 0 Å². The Kier molecular flexibility index (Phi) is 5.68. The van der Waals surface area contributed by atoms with E-state index in [-0.39, 0.29) is 23.8 Å². The third-order valence-electron chi connectivity index (χ3n) is 3.74. The molecule has 23 heavy (non-hydrogen) atoms. The minimum absolute atomic E-state index is 0.0227. The van der Waals surface area contributed by atoms with Crippen LogP contribution in [0.3, 0.4) is 0 Å². The van der Waals surface area contributed by atoms with Gasteiger partial charge in [0.2, 0.25) is 5.91 Å². The van der Waals surface area contributed by atoms with E-state index in [0.29, 0.717) is 31.9 Å². The average molecular weight is 383 g/mol. The van der Waals surface area contributed by atoms with E-state index in [4.69, 9.17) is 4.74 Å². The van der Waals surface area contributed by atoms with Crippen LogP contribution in [0.4, 0.5) is 0 Å². The molecule has 2 rings (SSSR count). The van der Waals surface area contributed by atoms with Gasteiger partial charge in [0.05, 0.1) is 0 Å². The molecular formula is C17H23BrN2O3. The second-order valence-electron chi connectivity index (χ2n) is 6.67. The molecule has 1 saturated heterocycles. The van der Waals surface area contributed by atoms with Gasteiger partial charge in [0.15, 0.2) is 6.61 Å². The second kappa shape index (κ2) is 7.34. The molecular weight excluding hydrogens is 360 g/mol. The Hall–Kier alpha value is -1.56. The fourth-order valence-electron chi connectivity index (χ4n) is 2.40. The first-order chi connectivity index (χ1) is 10.8. The molecule has 0 N–H and O–H groups in total. The molecule has 1 aliphatic heterocycles. The molecule has 2 amide bonds. The van der Waals surface area contributed by atoms with Crippen molar-refractivity contribution < 1.29 is 14.3 Å². The average Bonchev–Trinajstić information content (AvgIpc) is 2.52. The SMILES string of the molecule is CC(C)(C)C(=O)N1CCN(C(=O)COc2ccc(Br)cc2)CC1. The van der Waals surface area contributed by atoms with Crippen molar-refractivity contribution in [3.8, 4) is 5.75 Å². The van der Waals surface area contributed by atoms with E-state index in [0.717, 1.165) is 4.47 Å². The first-order valence-corrected chi connectivity index (χ1v) is 8.52. The van der Waals surface area contributed by atoms with Crippen LogP contribution in [0.25, 0.3) is 0 Å². The van der Waals surface area contributed by atoms with Crippen molar-refractivity contribution in [2.45, 2.75) is 20.8 Å². The molecule has 0 spiro atoms. The highest BCUT2D eigenvalue weighted by molar-refractivity contribution is 9.10. The van der Waals surface area contributed by atoms with Crippen molar-refractivity contribution in [2.75, 3.05) is 32.8 Å². The minimum Gasteiger partial charge on any atom is -0.484 e. The van der Waals surface area contributed by atoms with Crippen LogP contribution in [0, 0.1) is 5.41 Å². The van der Waals surface area contributed by atoms with E-state index in [1.807, 2.05) is 49.9 Å². The third kappa shape index (κ3) is 4.96. The number of hydrogen-bond acceptors (Lipinski definition) is 3. The van der Waals surface area contributed by atoms with Crippen molar-refractivity contribution in [3.63, 3.8) is 0 Å². The number of amides is 2. The lowest BCUT2D eigenvalue weighted by Gasteiger charge is -2.37. The van der Waals surface area contributed by atoms with Crippen LogP contribution in [0.5, 0.6) is 5.75 Å². The number of benzene rings is 1. The van der Waals surface area contributed by atoms with Crippen LogP contribution >= 0.6 is 15.9 Å². The molecule has 6 heteroatoms. The summed E-state index contributed by atoms with van der Waals surface area (Å²) >= 11 is 3.36. The topological polar surface area (TPSA) is 49.9 Å². The summed E-state index contributed by atoms with van der Waals surface area (Å²) in [5, 5.41) is 0. The molecule has 1 aromatic carbocycles. The van der Waals surface area contributed by atoms with Crippen LogP contribution in [0.1, 0.15) is 20.8 Å². The summed E-state index contributed by atoms with van der Waals surface area (Å²) in [5.41, 5.74) is -0.378. The zero-order valence-electron chi connectivity index (χ0n) is 13.8. The van der Waals surface area contributed by atoms with Crippen molar-refractivity contribution in [2.24, 2.45) is 5.41 Å². The van der Waals surface area contributed by atoms with Crippen molar-refractivity contribution in [1.82, 2.24) is 9.80 Å². The Labute approximate surface area is 145 Å². The van der Waals surface area contributed by atoms with E-state index < -0.39 is 0 Å². The van der Waals surface area contributed by atoms with Gasteiger partial charge >= 0.3 is 0 Å². The molecule has 1 fully saturated rings. The summed E-state index contributed by atoms with van der Waals surface area (Å²) in [7, 11) is 0. The molecule has 1 heterocycles. The third-order valence-corrected chi connectivity index (χ3v) is 4.27. The van der Waals surface area contributed by atoms with Gasteiger partial charge in [-0.3, -0.25) is 9.59 Å². The van der Waals surface area contributed by atoms with Crippen molar-refractivity contribution >= 4 is 27.7 Å².